The van der Waals surface area contributed by atoms with E-state index in [4.69, 9.17) is 0 Å². The summed E-state index contributed by atoms with van der Waals surface area (Å²) in [5.74, 6) is -3.47. The van der Waals surface area contributed by atoms with E-state index in [1.807, 2.05) is 0 Å². The average Bonchev–Trinajstić information content (AvgIpc) is 1.94. The molecule has 0 atom stereocenters. The van der Waals surface area contributed by atoms with Crippen molar-refractivity contribution in [3.8, 4) is 0 Å². The van der Waals surface area contributed by atoms with Crippen LogP contribution in [0.1, 0.15) is 19.3 Å². The Kier molecular flexibility index (Phi) is 3.53. The van der Waals surface area contributed by atoms with Crippen molar-refractivity contribution >= 4 is 0 Å². The zero-order valence-electron chi connectivity index (χ0n) is 7.20. The highest BCUT2D eigenvalue weighted by molar-refractivity contribution is 4.76. The second kappa shape index (κ2) is 4.26. The van der Waals surface area contributed by atoms with E-state index < -0.39 is 18.9 Å². The van der Waals surface area contributed by atoms with Gasteiger partial charge < -0.3 is 5.32 Å². The molecular weight excluding hydrogens is 186 g/mol. The molecule has 1 aliphatic carbocycles. The number of halogens is 4. The van der Waals surface area contributed by atoms with Crippen molar-refractivity contribution in [1.29, 1.82) is 0 Å². The van der Waals surface area contributed by atoms with Crippen LogP contribution in [0.2, 0.25) is 0 Å². The molecule has 1 aliphatic rings. The van der Waals surface area contributed by atoms with Gasteiger partial charge in [-0.2, -0.15) is 8.78 Å². The van der Waals surface area contributed by atoms with Gasteiger partial charge in [0.25, 0.3) is 0 Å². The fourth-order valence-electron chi connectivity index (χ4n) is 1.22. The molecular formula is C8H13F4N. The fraction of sp³-hybridized carbons (Fsp3) is 1.00. The van der Waals surface area contributed by atoms with Crippen molar-refractivity contribution in [3.05, 3.63) is 0 Å². The van der Waals surface area contributed by atoms with Crippen LogP contribution in [-0.2, 0) is 0 Å². The summed E-state index contributed by atoms with van der Waals surface area (Å²) in [5.41, 5.74) is 0. The standard InChI is InChI=1S/C8H13F4N/c9-7(10)8(11,12)5-13-4-6-2-1-3-6/h6-7,13H,1-5H2. The van der Waals surface area contributed by atoms with E-state index in [1.54, 1.807) is 0 Å². The summed E-state index contributed by atoms with van der Waals surface area (Å²) < 4.78 is 47.9. The van der Waals surface area contributed by atoms with Gasteiger partial charge in [0.1, 0.15) is 0 Å². The van der Waals surface area contributed by atoms with E-state index in [9.17, 15) is 17.6 Å². The maximum atomic E-state index is 12.3. The molecule has 13 heavy (non-hydrogen) atoms. The van der Waals surface area contributed by atoms with E-state index in [1.165, 1.54) is 0 Å². The molecule has 1 rings (SSSR count). The van der Waals surface area contributed by atoms with Crippen molar-refractivity contribution in [1.82, 2.24) is 5.32 Å². The first-order chi connectivity index (χ1) is 6.02. The lowest BCUT2D eigenvalue weighted by Gasteiger charge is -2.26. The maximum absolute atomic E-state index is 12.3. The third kappa shape index (κ3) is 3.14. The van der Waals surface area contributed by atoms with E-state index in [0.29, 0.717) is 12.5 Å². The van der Waals surface area contributed by atoms with Crippen LogP contribution in [0.5, 0.6) is 0 Å². The van der Waals surface area contributed by atoms with Crippen LogP contribution in [0.15, 0.2) is 0 Å². The van der Waals surface area contributed by atoms with Gasteiger partial charge in [0.2, 0.25) is 0 Å². The summed E-state index contributed by atoms with van der Waals surface area (Å²) >= 11 is 0. The third-order valence-corrected chi connectivity index (χ3v) is 2.34. The Morgan fingerprint density at radius 3 is 2.31 bits per heavy atom. The van der Waals surface area contributed by atoms with Crippen LogP contribution >= 0.6 is 0 Å². The highest BCUT2D eigenvalue weighted by Crippen LogP contribution is 2.26. The normalized spacial score (nSPS) is 19.2. The molecule has 0 aromatic rings. The quantitative estimate of drug-likeness (QED) is 0.670. The van der Waals surface area contributed by atoms with E-state index in [0.717, 1.165) is 19.3 Å². The molecule has 0 unspecified atom stereocenters. The Balaban J connectivity index is 2.09. The Hall–Kier alpha value is -0.320. The molecule has 78 valence electrons. The molecule has 1 N–H and O–H groups in total. The Labute approximate surface area is 74.5 Å². The molecule has 0 saturated heterocycles. The van der Waals surface area contributed by atoms with Gasteiger partial charge in [0, 0.05) is 0 Å². The van der Waals surface area contributed by atoms with Crippen LogP contribution < -0.4 is 5.32 Å². The first-order valence-corrected chi connectivity index (χ1v) is 4.39. The molecule has 1 fully saturated rings. The SMILES string of the molecule is FC(F)C(F)(F)CNCC1CCC1. The molecule has 0 aliphatic heterocycles. The van der Waals surface area contributed by atoms with Gasteiger partial charge in [-0.05, 0) is 25.3 Å². The maximum Gasteiger partial charge on any atom is 0.319 e. The highest BCUT2D eigenvalue weighted by atomic mass is 19.3. The minimum absolute atomic E-state index is 0.411. The van der Waals surface area contributed by atoms with Crippen LogP contribution in [0, 0.1) is 5.92 Å². The second-order valence-corrected chi connectivity index (χ2v) is 3.49. The lowest BCUT2D eigenvalue weighted by atomic mass is 9.85. The summed E-state index contributed by atoms with van der Waals surface area (Å²) in [6, 6.07) is 0. The smallest absolute Gasteiger partial charge is 0.311 e. The first-order valence-electron chi connectivity index (χ1n) is 4.39. The molecule has 1 saturated carbocycles. The predicted octanol–water partition coefficient (Wildman–Crippen LogP) is 2.28. The molecule has 0 bridgehead atoms. The number of rotatable bonds is 5. The van der Waals surface area contributed by atoms with Crippen molar-refractivity contribution in [2.75, 3.05) is 13.1 Å². The van der Waals surface area contributed by atoms with Crippen molar-refractivity contribution < 1.29 is 17.6 Å². The van der Waals surface area contributed by atoms with E-state index in [2.05, 4.69) is 5.32 Å². The summed E-state index contributed by atoms with van der Waals surface area (Å²) in [6.07, 6.45) is -0.403. The summed E-state index contributed by atoms with van der Waals surface area (Å²) in [7, 11) is 0. The summed E-state index contributed by atoms with van der Waals surface area (Å²) in [4.78, 5) is 0. The van der Waals surface area contributed by atoms with Gasteiger partial charge in [-0.25, -0.2) is 8.78 Å². The van der Waals surface area contributed by atoms with Crippen LogP contribution in [0.4, 0.5) is 17.6 Å². The van der Waals surface area contributed by atoms with Gasteiger partial charge in [-0.3, -0.25) is 0 Å². The number of nitrogens with one attached hydrogen (secondary N) is 1. The van der Waals surface area contributed by atoms with Crippen molar-refractivity contribution in [3.63, 3.8) is 0 Å². The Bertz CT molecular complexity index is 156. The number of hydrogen-bond acceptors (Lipinski definition) is 1. The molecule has 0 aromatic heterocycles. The topological polar surface area (TPSA) is 12.0 Å². The molecule has 0 aromatic carbocycles. The minimum Gasteiger partial charge on any atom is -0.311 e. The van der Waals surface area contributed by atoms with Gasteiger partial charge in [-0.1, -0.05) is 6.42 Å². The number of alkyl halides is 4. The predicted molar refractivity (Wildman–Crippen MR) is 41.2 cm³/mol. The average molecular weight is 199 g/mol. The molecule has 0 radical (unpaired) electrons. The van der Waals surface area contributed by atoms with Gasteiger partial charge >= 0.3 is 12.3 Å². The minimum atomic E-state index is -3.89. The summed E-state index contributed by atoms with van der Waals surface area (Å²) in [5, 5.41) is 2.38. The lowest BCUT2D eigenvalue weighted by Crippen LogP contribution is -2.41. The van der Waals surface area contributed by atoms with Gasteiger partial charge in [-0.15, -0.1) is 0 Å². The second-order valence-electron chi connectivity index (χ2n) is 3.49. The Morgan fingerprint density at radius 1 is 1.31 bits per heavy atom. The molecule has 0 amide bonds. The van der Waals surface area contributed by atoms with E-state index >= 15 is 0 Å². The van der Waals surface area contributed by atoms with Crippen LogP contribution in [0.25, 0.3) is 0 Å². The molecule has 1 nitrogen and oxygen atoms in total. The van der Waals surface area contributed by atoms with E-state index in [-0.39, 0.29) is 0 Å². The monoisotopic (exact) mass is 199 g/mol. The van der Waals surface area contributed by atoms with Crippen LogP contribution in [-0.4, -0.2) is 25.4 Å². The molecule has 0 spiro atoms. The van der Waals surface area contributed by atoms with Crippen molar-refractivity contribution in [2.45, 2.75) is 31.6 Å². The number of hydrogen-bond donors (Lipinski definition) is 1. The molecule has 0 heterocycles. The fourth-order valence-corrected chi connectivity index (χ4v) is 1.22. The van der Waals surface area contributed by atoms with Gasteiger partial charge in [0.15, 0.2) is 0 Å². The zero-order valence-corrected chi connectivity index (χ0v) is 7.20. The Morgan fingerprint density at radius 2 is 1.92 bits per heavy atom. The lowest BCUT2D eigenvalue weighted by molar-refractivity contribution is -0.125. The van der Waals surface area contributed by atoms with Crippen LogP contribution in [0.3, 0.4) is 0 Å². The summed E-state index contributed by atoms with van der Waals surface area (Å²) in [6.45, 7) is -0.483. The van der Waals surface area contributed by atoms with Gasteiger partial charge in [0.05, 0.1) is 6.54 Å². The first kappa shape index (κ1) is 10.8. The highest BCUT2D eigenvalue weighted by Gasteiger charge is 2.40. The third-order valence-electron chi connectivity index (χ3n) is 2.34. The molecule has 5 heteroatoms. The van der Waals surface area contributed by atoms with Crippen molar-refractivity contribution in [2.24, 2.45) is 5.92 Å². The zero-order chi connectivity index (χ0) is 9.90. The largest absolute Gasteiger partial charge is 0.319 e.